The number of aryl methyl sites for hydroxylation is 1. The second-order valence-electron chi connectivity index (χ2n) is 3.13. The molecule has 3 nitrogen and oxygen atoms in total. The van der Waals surface area contributed by atoms with Crippen LogP contribution in [0.2, 0.25) is 10.0 Å². The monoisotopic (exact) mass is 248 g/mol. The molecule has 1 N–H and O–H groups in total. The first-order valence-corrected chi connectivity index (χ1v) is 4.99. The van der Waals surface area contributed by atoms with E-state index in [-0.39, 0.29) is 0 Å². The summed E-state index contributed by atoms with van der Waals surface area (Å²) >= 11 is 11.9. The van der Waals surface area contributed by atoms with Gasteiger partial charge >= 0.3 is 5.97 Å². The van der Waals surface area contributed by atoms with Crippen molar-refractivity contribution in [3.63, 3.8) is 0 Å². The highest BCUT2D eigenvalue weighted by Gasteiger charge is 2.12. The van der Waals surface area contributed by atoms with Gasteiger partial charge in [0.05, 0.1) is 5.02 Å². The second-order valence-corrected chi connectivity index (χ2v) is 3.88. The van der Waals surface area contributed by atoms with Gasteiger partial charge in [-0.2, -0.15) is 0 Å². The molecule has 1 aromatic rings. The van der Waals surface area contributed by atoms with Crippen molar-refractivity contribution in [2.75, 3.05) is 6.61 Å². The summed E-state index contributed by atoms with van der Waals surface area (Å²) < 4.78 is 5.02. The van der Waals surface area contributed by atoms with Crippen LogP contribution in [0.5, 0.6) is 5.75 Å². The summed E-state index contributed by atoms with van der Waals surface area (Å²) in [5.41, 5.74) is 1.50. The predicted molar refractivity (Wildman–Crippen MR) is 59.1 cm³/mol. The summed E-state index contributed by atoms with van der Waals surface area (Å²) in [5, 5.41) is 9.39. The fourth-order valence-electron chi connectivity index (χ4n) is 1.14. The standard InChI is InChI=1S/C10H10Cl2O3/c1-5-3-7(15-4-8(13)14)10(12)6(2)9(5)11/h3H,4H2,1-2H3,(H,13,14). The van der Waals surface area contributed by atoms with Crippen LogP contribution in [-0.4, -0.2) is 17.7 Å². The van der Waals surface area contributed by atoms with E-state index in [0.717, 1.165) is 5.56 Å². The Morgan fingerprint density at radius 2 is 2.00 bits per heavy atom. The van der Waals surface area contributed by atoms with Crippen LogP contribution in [0.1, 0.15) is 11.1 Å². The molecule has 0 bridgehead atoms. The Kier molecular flexibility index (Phi) is 3.83. The Morgan fingerprint density at radius 1 is 1.40 bits per heavy atom. The van der Waals surface area contributed by atoms with Gasteiger partial charge in [-0.3, -0.25) is 0 Å². The second kappa shape index (κ2) is 4.73. The number of hydrogen-bond acceptors (Lipinski definition) is 2. The van der Waals surface area contributed by atoms with Crippen molar-refractivity contribution in [3.05, 3.63) is 27.2 Å². The van der Waals surface area contributed by atoms with E-state index in [1.54, 1.807) is 19.9 Å². The predicted octanol–water partition coefficient (Wildman–Crippen LogP) is 3.07. The molecule has 1 aromatic carbocycles. The SMILES string of the molecule is Cc1cc(OCC(=O)O)c(Cl)c(C)c1Cl. The number of carbonyl (C=O) groups is 1. The zero-order chi connectivity index (χ0) is 11.6. The molecule has 0 aliphatic heterocycles. The number of rotatable bonds is 3. The molecule has 0 aliphatic rings. The van der Waals surface area contributed by atoms with Gasteiger partial charge in [0, 0.05) is 5.02 Å². The highest BCUT2D eigenvalue weighted by molar-refractivity contribution is 6.37. The maximum atomic E-state index is 10.3. The third-order valence-corrected chi connectivity index (χ3v) is 2.97. The third-order valence-electron chi connectivity index (χ3n) is 1.92. The normalized spacial score (nSPS) is 10.1. The van der Waals surface area contributed by atoms with E-state index in [9.17, 15) is 4.79 Å². The highest BCUT2D eigenvalue weighted by Crippen LogP contribution is 2.35. The first kappa shape index (κ1) is 12.1. The van der Waals surface area contributed by atoms with Crippen molar-refractivity contribution in [2.24, 2.45) is 0 Å². The molecule has 0 radical (unpaired) electrons. The molecule has 0 unspecified atom stereocenters. The molecule has 0 atom stereocenters. The number of aliphatic carboxylic acids is 1. The van der Waals surface area contributed by atoms with Gasteiger partial charge in [0.15, 0.2) is 6.61 Å². The maximum absolute atomic E-state index is 10.3. The van der Waals surface area contributed by atoms with Crippen molar-refractivity contribution in [1.29, 1.82) is 0 Å². The molecular weight excluding hydrogens is 239 g/mol. The molecule has 0 saturated carbocycles. The summed E-state index contributed by atoms with van der Waals surface area (Å²) in [5.74, 6) is -0.699. The Hall–Kier alpha value is -0.930. The fourth-order valence-corrected chi connectivity index (χ4v) is 1.55. The number of halogens is 2. The molecule has 1 rings (SSSR count). The molecular formula is C10H10Cl2O3. The molecule has 0 spiro atoms. The fraction of sp³-hybridized carbons (Fsp3) is 0.300. The summed E-state index contributed by atoms with van der Waals surface area (Å²) in [7, 11) is 0. The molecule has 0 aliphatic carbocycles. The van der Waals surface area contributed by atoms with Gasteiger partial charge in [-0.25, -0.2) is 4.79 Å². The number of benzene rings is 1. The van der Waals surface area contributed by atoms with Gasteiger partial charge in [0.25, 0.3) is 0 Å². The van der Waals surface area contributed by atoms with Gasteiger partial charge in [-0.1, -0.05) is 23.2 Å². The molecule has 82 valence electrons. The zero-order valence-electron chi connectivity index (χ0n) is 8.30. The highest BCUT2D eigenvalue weighted by atomic mass is 35.5. The minimum absolute atomic E-state index is 0.346. The van der Waals surface area contributed by atoms with Crippen molar-refractivity contribution < 1.29 is 14.6 Å². The van der Waals surface area contributed by atoms with Gasteiger partial charge in [-0.15, -0.1) is 0 Å². The van der Waals surface area contributed by atoms with Crippen LogP contribution in [0.25, 0.3) is 0 Å². The minimum Gasteiger partial charge on any atom is -0.480 e. The van der Waals surface area contributed by atoms with Crippen molar-refractivity contribution in [3.8, 4) is 5.75 Å². The molecule has 0 saturated heterocycles. The average Bonchev–Trinajstić information content (AvgIpc) is 2.18. The van der Waals surface area contributed by atoms with E-state index >= 15 is 0 Å². The van der Waals surface area contributed by atoms with Gasteiger partial charge < -0.3 is 9.84 Å². The summed E-state index contributed by atoms with van der Waals surface area (Å²) in [4.78, 5) is 10.3. The van der Waals surface area contributed by atoms with Crippen molar-refractivity contribution in [1.82, 2.24) is 0 Å². The number of carboxylic acid groups (broad SMARTS) is 1. The van der Waals surface area contributed by atoms with Gasteiger partial charge in [-0.05, 0) is 31.0 Å². The third kappa shape index (κ3) is 2.76. The first-order valence-electron chi connectivity index (χ1n) is 4.23. The van der Waals surface area contributed by atoms with E-state index in [1.807, 2.05) is 0 Å². The van der Waals surface area contributed by atoms with Crippen LogP contribution in [0.3, 0.4) is 0 Å². The molecule has 5 heteroatoms. The Bertz CT molecular complexity index is 402. The molecule has 15 heavy (non-hydrogen) atoms. The Labute approximate surface area is 97.6 Å². The van der Waals surface area contributed by atoms with Crippen LogP contribution in [0, 0.1) is 13.8 Å². The molecule has 0 amide bonds. The largest absolute Gasteiger partial charge is 0.480 e. The first-order chi connectivity index (χ1) is 6.93. The van der Waals surface area contributed by atoms with Crippen LogP contribution in [-0.2, 0) is 4.79 Å². The van der Waals surface area contributed by atoms with Crippen LogP contribution < -0.4 is 4.74 Å². The zero-order valence-corrected chi connectivity index (χ0v) is 9.82. The lowest BCUT2D eigenvalue weighted by atomic mass is 10.1. The number of hydrogen-bond donors (Lipinski definition) is 1. The average molecular weight is 249 g/mol. The van der Waals surface area contributed by atoms with Crippen LogP contribution in [0.4, 0.5) is 0 Å². The van der Waals surface area contributed by atoms with Crippen molar-refractivity contribution >= 4 is 29.2 Å². The van der Waals surface area contributed by atoms with E-state index in [1.165, 1.54) is 0 Å². The Balaban J connectivity index is 3.04. The lowest BCUT2D eigenvalue weighted by Gasteiger charge is -2.11. The van der Waals surface area contributed by atoms with Gasteiger partial charge in [0.2, 0.25) is 0 Å². The van der Waals surface area contributed by atoms with E-state index in [2.05, 4.69) is 0 Å². The lowest BCUT2D eigenvalue weighted by molar-refractivity contribution is -0.139. The summed E-state index contributed by atoms with van der Waals surface area (Å²) in [6, 6.07) is 1.63. The molecule has 0 aromatic heterocycles. The lowest BCUT2D eigenvalue weighted by Crippen LogP contribution is -2.10. The smallest absolute Gasteiger partial charge is 0.341 e. The van der Waals surface area contributed by atoms with Crippen LogP contribution >= 0.6 is 23.2 Å². The van der Waals surface area contributed by atoms with Crippen molar-refractivity contribution in [2.45, 2.75) is 13.8 Å². The topological polar surface area (TPSA) is 46.5 Å². The minimum atomic E-state index is -1.05. The number of ether oxygens (including phenoxy) is 1. The quantitative estimate of drug-likeness (QED) is 0.895. The van der Waals surface area contributed by atoms with E-state index in [4.69, 9.17) is 33.0 Å². The molecule has 0 heterocycles. The number of carboxylic acids is 1. The molecule has 0 fully saturated rings. The van der Waals surface area contributed by atoms with E-state index in [0.29, 0.717) is 21.4 Å². The Morgan fingerprint density at radius 3 is 2.53 bits per heavy atom. The summed E-state index contributed by atoms with van der Waals surface area (Å²) in [6.07, 6.45) is 0. The van der Waals surface area contributed by atoms with Gasteiger partial charge in [0.1, 0.15) is 5.75 Å². The van der Waals surface area contributed by atoms with E-state index < -0.39 is 12.6 Å². The summed E-state index contributed by atoms with van der Waals surface area (Å²) in [6.45, 7) is 3.14. The van der Waals surface area contributed by atoms with Crippen LogP contribution in [0.15, 0.2) is 6.07 Å². The maximum Gasteiger partial charge on any atom is 0.341 e.